The van der Waals surface area contributed by atoms with Crippen LogP contribution < -0.4 is 5.32 Å². The molecule has 112 valence electrons. The van der Waals surface area contributed by atoms with Crippen molar-refractivity contribution in [3.05, 3.63) is 64.5 Å². The van der Waals surface area contributed by atoms with Crippen LogP contribution in [-0.4, -0.2) is 27.0 Å². The third-order valence-electron chi connectivity index (χ3n) is 3.33. The van der Waals surface area contributed by atoms with E-state index >= 15 is 0 Å². The number of rotatable bonds is 5. The predicted octanol–water partition coefficient (Wildman–Crippen LogP) is 2.85. The minimum absolute atomic E-state index is 0.0626. The second-order valence-electron chi connectivity index (χ2n) is 4.91. The number of benzene rings is 1. The van der Waals surface area contributed by atoms with E-state index in [0.717, 1.165) is 28.8 Å². The zero-order valence-electron chi connectivity index (χ0n) is 11.9. The number of halogens is 1. The van der Waals surface area contributed by atoms with Crippen LogP contribution in [0.5, 0.6) is 0 Å². The summed E-state index contributed by atoms with van der Waals surface area (Å²) in [6.07, 6.45) is 3.53. The minimum atomic E-state index is -0.0626. The van der Waals surface area contributed by atoms with Crippen molar-refractivity contribution in [3.8, 4) is 0 Å². The lowest BCUT2D eigenvalue weighted by Gasteiger charge is -2.05. The average molecular weight is 359 g/mol. The zero-order chi connectivity index (χ0) is 15.4. The lowest BCUT2D eigenvalue weighted by Crippen LogP contribution is -2.24. The first-order chi connectivity index (χ1) is 10.7. The Labute approximate surface area is 136 Å². The van der Waals surface area contributed by atoms with Gasteiger partial charge in [-0.1, -0.05) is 28.1 Å². The summed E-state index contributed by atoms with van der Waals surface area (Å²) in [6, 6.07) is 13.2. The molecule has 1 aromatic carbocycles. The summed E-state index contributed by atoms with van der Waals surface area (Å²) >= 11 is 3.36. The van der Waals surface area contributed by atoms with E-state index in [0.29, 0.717) is 12.1 Å². The largest absolute Gasteiger partial charge is 0.352 e. The number of nitrogens with one attached hydrogen (secondary N) is 1. The Balaban J connectivity index is 1.52. The topological polar surface area (TPSA) is 59.3 Å². The van der Waals surface area contributed by atoms with E-state index in [1.807, 2.05) is 40.9 Å². The highest BCUT2D eigenvalue weighted by Crippen LogP contribution is 2.11. The van der Waals surface area contributed by atoms with Gasteiger partial charge in [0.1, 0.15) is 5.82 Å². The van der Waals surface area contributed by atoms with Crippen molar-refractivity contribution in [2.45, 2.75) is 12.8 Å². The number of hydrogen-bond donors (Lipinski definition) is 1. The van der Waals surface area contributed by atoms with E-state index in [1.165, 1.54) is 0 Å². The fourth-order valence-electron chi connectivity index (χ4n) is 2.24. The van der Waals surface area contributed by atoms with Gasteiger partial charge < -0.3 is 5.32 Å². The van der Waals surface area contributed by atoms with E-state index in [4.69, 9.17) is 0 Å². The van der Waals surface area contributed by atoms with E-state index in [2.05, 4.69) is 31.4 Å². The molecule has 0 bridgehead atoms. The normalized spacial score (nSPS) is 10.8. The molecule has 3 rings (SSSR count). The van der Waals surface area contributed by atoms with Crippen LogP contribution in [0.15, 0.2) is 53.1 Å². The van der Waals surface area contributed by atoms with Gasteiger partial charge in [0.2, 0.25) is 0 Å². The molecule has 2 aromatic heterocycles. The summed E-state index contributed by atoms with van der Waals surface area (Å²) in [5.74, 6) is 0.847. The van der Waals surface area contributed by atoms with Crippen molar-refractivity contribution in [3.63, 3.8) is 0 Å². The number of aryl methyl sites for hydroxylation is 1. The highest BCUT2D eigenvalue weighted by atomic mass is 79.9. The third kappa shape index (κ3) is 3.33. The molecule has 3 aromatic rings. The van der Waals surface area contributed by atoms with Gasteiger partial charge >= 0.3 is 0 Å². The SMILES string of the molecule is O=C(NCCCc1nnc2ccccn12)c1cccc(Br)c1. The summed E-state index contributed by atoms with van der Waals surface area (Å²) in [4.78, 5) is 12.0. The first kappa shape index (κ1) is 14.7. The summed E-state index contributed by atoms with van der Waals surface area (Å²) in [6.45, 7) is 0.604. The Morgan fingerprint density at radius 2 is 2.09 bits per heavy atom. The van der Waals surface area contributed by atoms with Gasteiger partial charge in [0, 0.05) is 29.2 Å². The number of carbonyl (C=O) groups is 1. The van der Waals surface area contributed by atoms with Gasteiger partial charge in [0.25, 0.3) is 5.91 Å². The van der Waals surface area contributed by atoms with Gasteiger partial charge in [-0.3, -0.25) is 9.20 Å². The second kappa shape index (κ2) is 6.70. The molecule has 1 N–H and O–H groups in total. The summed E-state index contributed by atoms with van der Waals surface area (Å²) in [5.41, 5.74) is 1.50. The van der Waals surface area contributed by atoms with Crippen LogP contribution in [-0.2, 0) is 6.42 Å². The number of carbonyl (C=O) groups excluding carboxylic acids is 1. The van der Waals surface area contributed by atoms with Crippen molar-refractivity contribution < 1.29 is 4.79 Å². The average Bonchev–Trinajstić information content (AvgIpc) is 2.95. The Morgan fingerprint density at radius 3 is 2.95 bits per heavy atom. The molecule has 1 amide bonds. The molecule has 0 spiro atoms. The zero-order valence-corrected chi connectivity index (χ0v) is 13.5. The first-order valence-electron chi connectivity index (χ1n) is 7.06. The van der Waals surface area contributed by atoms with Crippen molar-refractivity contribution in [1.82, 2.24) is 19.9 Å². The third-order valence-corrected chi connectivity index (χ3v) is 3.83. The van der Waals surface area contributed by atoms with Gasteiger partial charge in [-0.15, -0.1) is 10.2 Å². The summed E-state index contributed by atoms with van der Waals surface area (Å²) in [5, 5.41) is 11.2. The van der Waals surface area contributed by atoms with Crippen LogP contribution in [0, 0.1) is 0 Å². The number of fused-ring (bicyclic) bond motifs is 1. The number of pyridine rings is 1. The Bertz CT molecular complexity index is 799. The lowest BCUT2D eigenvalue weighted by molar-refractivity contribution is 0.0953. The highest BCUT2D eigenvalue weighted by molar-refractivity contribution is 9.10. The lowest BCUT2D eigenvalue weighted by atomic mass is 10.2. The number of aromatic nitrogens is 3. The van der Waals surface area contributed by atoms with Gasteiger partial charge in [0.05, 0.1) is 0 Å². The van der Waals surface area contributed by atoms with E-state index in [9.17, 15) is 4.79 Å². The van der Waals surface area contributed by atoms with Crippen LogP contribution in [0.2, 0.25) is 0 Å². The molecule has 5 nitrogen and oxygen atoms in total. The molecular formula is C16H15BrN4O. The fraction of sp³-hybridized carbons (Fsp3) is 0.188. The maximum atomic E-state index is 12.0. The van der Waals surface area contributed by atoms with E-state index in [-0.39, 0.29) is 5.91 Å². The van der Waals surface area contributed by atoms with Crippen molar-refractivity contribution in [2.24, 2.45) is 0 Å². The smallest absolute Gasteiger partial charge is 0.251 e. The molecule has 0 unspecified atom stereocenters. The van der Waals surface area contributed by atoms with E-state index < -0.39 is 0 Å². The molecule has 22 heavy (non-hydrogen) atoms. The molecule has 0 saturated heterocycles. The minimum Gasteiger partial charge on any atom is -0.352 e. The maximum Gasteiger partial charge on any atom is 0.251 e. The molecule has 0 aliphatic rings. The second-order valence-corrected chi connectivity index (χ2v) is 5.83. The maximum absolute atomic E-state index is 12.0. The highest BCUT2D eigenvalue weighted by Gasteiger charge is 2.07. The molecular weight excluding hydrogens is 344 g/mol. The fourth-order valence-corrected chi connectivity index (χ4v) is 2.64. The van der Waals surface area contributed by atoms with Gasteiger partial charge in [-0.05, 0) is 36.8 Å². The van der Waals surface area contributed by atoms with Gasteiger partial charge in [0.15, 0.2) is 5.65 Å². The van der Waals surface area contributed by atoms with E-state index in [1.54, 1.807) is 12.1 Å². The first-order valence-corrected chi connectivity index (χ1v) is 7.86. The number of amides is 1. The van der Waals surface area contributed by atoms with Gasteiger partial charge in [-0.25, -0.2) is 0 Å². The Kier molecular flexibility index (Phi) is 4.48. The summed E-state index contributed by atoms with van der Waals surface area (Å²) in [7, 11) is 0. The Hall–Kier alpha value is -2.21. The van der Waals surface area contributed by atoms with Crippen LogP contribution in [0.4, 0.5) is 0 Å². The van der Waals surface area contributed by atoms with Crippen LogP contribution in [0.1, 0.15) is 22.6 Å². The van der Waals surface area contributed by atoms with Crippen molar-refractivity contribution in [2.75, 3.05) is 6.54 Å². The molecule has 0 fully saturated rings. The molecule has 0 aliphatic heterocycles. The molecule has 6 heteroatoms. The molecule has 0 radical (unpaired) electrons. The standard InChI is InChI=1S/C16H15BrN4O/c17-13-6-3-5-12(11-13)16(22)18-9-4-8-15-20-19-14-7-1-2-10-21(14)15/h1-3,5-7,10-11H,4,8-9H2,(H,18,22). The number of hydrogen-bond acceptors (Lipinski definition) is 3. The van der Waals surface area contributed by atoms with Crippen LogP contribution >= 0.6 is 15.9 Å². The van der Waals surface area contributed by atoms with Crippen molar-refractivity contribution >= 4 is 27.5 Å². The summed E-state index contributed by atoms with van der Waals surface area (Å²) < 4.78 is 2.87. The Morgan fingerprint density at radius 1 is 1.18 bits per heavy atom. The molecule has 0 aliphatic carbocycles. The van der Waals surface area contributed by atoms with Crippen LogP contribution in [0.3, 0.4) is 0 Å². The van der Waals surface area contributed by atoms with Crippen molar-refractivity contribution in [1.29, 1.82) is 0 Å². The predicted molar refractivity (Wildman–Crippen MR) is 87.8 cm³/mol. The van der Waals surface area contributed by atoms with Crippen LogP contribution in [0.25, 0.3) is 5.65 Å². The monoisotopic (exact) mass is 358 g/mol. The van der Waals surface area contributed by atoms with Gasteiger partial charge in [-0.2, -0.15) is 0 Å². The molecule has 2 heterocycles. The number of nitrogens with zero attached hydrogens (tertiary/aromatic N) is 3. The molecule has 0 atom stereocenters. The quantitative estimate of drug-likeness (QED) is 0.713. The molecule has 0 saturated carbocycles.